The Morgan fingerprint density at radius 1 is 1.41 bits per heavy atom. The highest BCUT2D eigenvalue weighted by Crippen LogP contribution is 2.23. The van der Waals surface area contributed by atoms with Gasteiger partial charge < -0.3 is 4.74 Å². The van der Waals surface area contributed by atoms with Gasteiger partial charge >= 0.3 is 5.97 Å². The summed E-state index contributed by atoms with van der Waals surface area (Å²) < 4.78 is 34.3. The molecule has 5 nitrogen and oxygen atoms in total. The molecule has 17 heavy (non-hydrogen) atoms. The number of carbonyl (C=O) groups is 1. The van der Waals surface area contributed by atoms with Crippen LogP contribution in [-0.4, -0.2) is 42.8 Å². The summed E-state index contributed by atoms with van der Waals surface area (Å²) in [5.74, 6) is 0.874. The van der Waals surface area contributed by atoms with Crippen LogP contribution >= 0.6 is 11.8 Å². The summed E-state index contributed by atoms with van der Waals surface area (Å²) in [6.07, 6.45) is 0.113. The van der Waals surface area contributed by atoms with Crippen molar-refractivity contribution in [3.8, 4) is 0 Å². The quantitative estimate of drug-likeness (QED) is 0.414. The van der Waals surface area contributed by atoms with E-state index in [4.69, 9.17) is 9.29 Å². The number of hydrogen-bond acceptors (Lipinski definition) is 5. The molecule has 0 heterocycles. The van der Waals surface area contributed by atoms with Crippen molar-refractivity contribution >= 4 is 27.8 Å². The summed E-state index contributed by atoms with van der Waals surface area (Å²) in [5.41, 5.74) is -0.571. The fourth-order valence-corrected chi connectivity index (χ4v) is 2.33. The van der Waals surface area contributed by atoms with E-state index in [1.165, 1.54) is 0 Å². The lowest BCUT2D eigenvalue weighted by Gasteiger charge is -2.21. The molecule has 0 rings (SSSR count). The maximum absolute atomic E-state index is 11.6. The Morgan fingerprint density at radius 2 is 2.00 bits per heavy atom. The van der Waals surface area contributed by atoms with Gasteiger partial charge in [0.1, 0.15) is 0 Å². The van der Waals surface area contributed by atoms with Crippen molar-refractivity contribution in [1.29, 1.82) is 0 Å². The second-order valence-corrected chi connectivity index (χ2v) is 7.14. The average molecular weight is 284 g/mol. The van der Waals surface area contributed by atoms with Crippen molar-refractivity contribution in [2.45, 2.75) is 27.2 Å². The first-order chi connectivity index (χ1) is 7.69. The normalized spacial score (nSPS) is 12.5. The molecule has 0 radical (unpaired) electrons. The van der Waals surface area contributed by atoms with Crippen molar-refractivity contribution in [2.75, 3.05) is 23.9 Å². The van der Waals surface area contributed by atoms with E-state index in [2.05, 4.69) is 0 Å². The van der Waals surface area contributed by atoms with Gasteiger partial charge in [-0.1, -0.05) is 6.92 Å². The molecule has 0 aromatic carbocycles. The second kappa shape index (κ2) is 7.23. The van der Waals surface area contributed by atoms with Crippen LogP contribution in [0.15, 0.2) is 0 Å². The zero-order chi connectivity index (χ0) is 13.5. The lowest BCUT2D eigenvalue weighted by atomic mass is 9.97. The van der Waals surface area contributed by atoms with Crippen LogP contribution in [0, 0.1) is 5.41 Å². The van der Waals surface area contributed by atoms with Crippen molar-refractivity contribution in [3.05, 3.63) is 0 Å². The average Bonchev–Trinajstić information content (AvgIpc) is 2.19. The molecule has 0 atom stereocenters. The Balaban J connectivity index is 3.93. The maximum atomic E-state index is 11.6. The van der Waals surface area contributed by atoms with Crippen LogP contribution in [0.4, 0.5) is 0 Å². The van der Waals surface area contributed by atoms with Gasteiger partial charge in [0.2, 0.25) is 0 Å². The summed E-state index contributed by atoms with van der Waals surface area (Å²) in [6, 6.07) is 0. The zero-order valence-corrected chi connectivity index (χ0v) is 12.1. The second-order valence-electron chi connectivity index (χ2n) is 4.30. The molecule has 0 aliphatic rings. The van der Waals surface area contributed by atoms with Gasteiger partial charge in [0.05, 0.1) is 17.8 Å². The van der Waals surface area contributed by atoms with Gasteiger partial charge in [-0.05, 0) is 26.0 Å². The molecule has 0 aliphatic heterocycles. The Morgan fingerprint density at radius 3 is 2.47 bits per heavy atom. The molecule has 0 amide bonds. The van der Waals surface area contributed by atoms with Gasteiger partial charge in [0.25, 0.3) is 10.1 Å². The number of hydrogen-bond donors (Lipinski definition) is 1. The van der Waals surface area contributed by atoms with E-state index in [-0.39, 0.29) is 24.7 Å². The minimum Gasteiger partial charge on any atom is -0.465 e. The van der Waals surface area contributed by atoms with Crippen LogP contribution in [0.5, 0.6) is 0 Å². The van der Waals surface area contributed by atoms with E-state index in [0.717, 1.165) is 5.75 Å². The van der Waals surface area contributed by atoms with Crippen molar-refractivity contribution < 1.29 is 22.5 Å². The third-order valence-corrected chi connectivity index (χ3v) is 4.14. The highest BCUT2D eigenvalue weighted by molar-refractivity contribution is 7.99. The molecular formula is C10H20O5S2. The Hall–Kier alpha value is -0.270. The zero-order valence-electron chi connectivity index (χ0n) is 10.4. The summed E-state index contributed by atoms with van der Waals surface area (Å²) >= 11 is 1.65. The van der Waals surface area contributed by atoms with Crippen LogP contribution in [0.25, 0.3) is 0 Å². The van der Waals surface area contributed by atoms with E-state index in [1.54, 1.807) is 25.6 Å². The topological polar surface area (TPSA) is 80.7 Å². The predicted octanol–water partition coefficient (Wildman–Crippen LogP) is 1.59. The number of thioether (sulfide) groups is 1. The predicted molar refractivity (Wildman–Crippen MR) is 68.8 cm³/mol. The number of esters is 1. The van der Waals surface area contributed by atoms with E-state index in [0.29, 0.717) is 5.75 Å². The Labute approximate surface area is 107 Å². The SMILES string of the molecule is CCSCC(C)(C)C(=O)OCCCS(=O)(=O)O. The maximum Gasteiger partial charge on any atom is 0.312 e. The molecule has 0 saturated carbocycles. The molecule has 7 heteroatoms. The van der Waals surface area contributed by atoms with Crippen LogP contribution in [0.2, 0.25) is 0 Å². The first-order valence-corrected chi connectivity index (χ1v) is 8.15. The van der Waals surface area contributed by atoms with Crippen molar-refractivity contribution in [1.82, 2.24) is 0 Å². The highest BCUT2D eigenvalue weighted by Gasteiger charge is 2.28. The Bertz CT molecular complexity index is 335. The summed E-state index contributed by atoms with van der Waals surface area (Å²) in [4.78, 5) is 11.6. The summed E-state index contributed by atoms with van der Waals surface area (Å²) in [6.45, 7) is 5.61. The monoisotopic (exact) mass is 284 g/mol. The molecule has 1 N–H and O–H groups in total. The van der Waals surface area contributed by atoms with Gasteiger partial charge in [0.15, 0.2) is 0 Å². The smallest absolute Gasteiger partial charge is 0.312 e. The molecule has 0 fully saturated rings. The largest absolute Gasteiger partial charge is 0.465 e. The number of rotatable bonds is 8. The fourth-order valence-electron chi connectivity index (χ4n) is 1.02. The van der Waals surface area contributed by atoms with Crippen LogP contribution in [0.1, 0.15) is 27.2 Å². The van der Waals surface area contributed by atoms with Crippen molar-refractivity contribution in [3.63, 3.8) is 0 Å². The van der Waals surface area contributed by atoms with Gasteiger partial charge in [-0.2, -0.15) is 20.2 Å². The molecule has 0 saturated heterocycles. The molecule has 0 aromatic heterocycles. The standard InChI is InChI=1S/C10H20O5S2/c1-4-16-8-10(2,3)9(11)15-6-5-7-17(12,13)14/h4-8H2,1-3H3,(H,12,13,14). The van der Waals surface area contributed by atoms with Crippen LogP contribution < -0.4 is 0 Å². The van der Waals surface area contributed by atoms with Gasteiger partial charge in [-0.25, -0.2) is 0 Å². The number of carbonyl (C=O) groups excluding carboxylic acids is 1. The third-order valence-electron chi connectivity index (χ3n) is 2.00. The minimum absolute atomic E-state index is 0.0127. The van der Waals surface area contributed by atoms with Crippen LogP contribution in [-0.2, 0) is 19.6 Å². The van der Waals surface area contributed by atoms with E-state index in [9.17, 15) is 13.2 Å². The first-order valence-electron chi connectivity index (χ1n) is 5.39. The van der Waals surface area contributed by atoms with Crippen LogP contribution in [0.3, 0.4) is 0 Å². The van der Waals surface area contributed by atoms with Crippen molar-refractivity contribution in [2.24, 2.45) is 5.41 Å². The summed E-state index contributed by atoms with van der Waals surface area (Å²) in [5, 5.41) is 0. The van der Waals surface area contributed by atoms with Gasteiger partial charge in [-0.15, -0.1) is 0 Å². The van der Waals surface area contributed by atoms with E-state index in [1.807, 2.05) is 6.92 Å². The van der Waals surface area contributed by atoms with Gasteiger partial charge in [-0.3, -0.25) is 9.35 Å². The fraction of sp³-hybridized carbons (Fsp3) is 0.900. The Kier molecular flexibility index (Phi) is 7.11. The lowest BCUT2D eigenvalue weighted by molar-refractivity contribution is -0.152. The number of ether oxygens (including phenoxy) is 1. The van der Waals surface area contributed by atoms with Gasteiger partial charge in [0, 0.05) is 5.75 Å². The molecule has 0 bridgehead atoms. The molecule has 0 aromatic rings. The molecule has 0 aliphatic carbocycles. The minimum atomic E-state index is -3.97. The summed E-state index contributed by atoms with van der Waals surface area (Å²) in [7, 11) is -3.97. The highest BCUT2D eigenvalue weighted by atomic mass is 32.2. The third kappa shape index (κ3) is 8.45. The van der Waals surface area contributed by atoms with E-state index >= 15 is 0 Å². The molecule has 0 unspecified atom stereocenters. The lowest BCUT2D eigenvalue weighted by Crippen LogP contribution is -2.29. The molecular weight excluding hydrogens is 264 g/mol. The molecule has 0 spiro atoms. The van der Waals surface area contributed by atoms with E-state index < -0.39 is 15.5 Å². The molecule has 102 valence electrons. The first kappa shape index (κ1) is 16.7.